The van der Waals surface area contributed by atoms with E-state index in [9.17, 15) is 8.42 Å². The third-order valence-electron chi connectivity index (χ3n) is 3.94. The van der Waals surface area contributed by atoms with Crippen LogP contribution >= 0.6 is 0 Å². The van der Waals surface area contributed by atoms with Gasteiger partial charge in [0, 0.05) is 19.6 Å². The molecule has 2 N–H and O–H groups in total. The molecule has 2 rings (SSSR count). The number of ether oxygens (including phenoxy) is 1. The Morgan fingerprint density at radius 3 is 2.48 bits per heavy atom. The molecule has 0 aliphatic heterocycles. The molecule has 0 saturated heterocycles. The van der Waals surface area contributed by atoms with Crippen LogP contribution in [0.1, 0.15) is 26.7 Å². The van der Waals surface area contributed by atoms with Crippen LogP contribution in [0.25, 0.3) is 0 Å². The van der Waals surface area contributed by atoms with Gasteiger partial charge in [-0.1, -0.05) is 13.8 Å². The number of sulfonamides is 1. The fourth-order valence-corrected chi connectivity index (χ4v) is 3.27. The Labute approximate surface area is 126 Å². The number of aliphatic hydroxyl groups is 1. The highest BCUT2D eigenvalue weighted by Gasteiger charge is 2.45. The van der Waals surface area contributed by atoms with Crippen molar-refractivity contribution in [2.45, 2.75) is 31.6 Å². The second-order valence-electron chi connectivity index (χ2n) is 6.14. The predicted molar refractivity (Wildman–Crippen MR) is 80.7 cm³/mol. The zero-order valence-corrected chi connectivity index (χ0v) is 13.3. The molecule has 0 bridgehead atoms. The molecule has 1 saturated carbocycles. The van der Waals surface area contributed by atoms with Crippen LogP contribution in [0.2, 0.25) is 0 Å². The van der Waals surface area contributed by atoms with Crippen molar-refractivity contribution >= 4 is 10.0 Å². The topological polar surface area (TPSA) is 75.6 Å². The minimum absolute atomic E-state index is 0.0773. The summed E-state index contributed by atoms with van der Waals surface area (Å²) in [5, 5.41) is 8.67. The largest absolute Gasteiger partial charge is 0.494 e. The van der Waals surface area contributed by atoms with E-state index in [4.69, 9.17) is 9.84 Å². The lowest BCUT2D eigenvalue weighted by atomic mass is 10.1. The van der Waals surface area contributed by atoms with Gasteiger partial charge >= 0.3 is 0 Å². The van der Waals surface area contributed by atoms with Crippen molar-refractivity contribution in [1.29, 1.82) is 0 Å². The minimum atomic E-state index is -3.45. The molecule has 1 atom stereocenters. The molecular weight excluding hydrogens is 290 g/mol. The van der Waals surface area contributed by atoms with Crippen molar-refractivity contribution in [1.82, 2.24) is 4.72 Å². The van der Waals surface area contributed by atoms with Gasteiger partial charge in [-0.25, -0.2) is 13.1 Å². The molecule has 0 heterocycles. The summed E-state index contributed by atoms with van der Waals surface area (Å²) < 4.78 is 32.4. The predicted octanol–water partition coefficient (Wildman–Crippen LogP) is 1.77. The van der Waals surface area contributed by atoms with Crippen molar-refractivity contribution in [3.05, 3.63) is 24.3 Å². The van der Waals surface area contributed by atoms with Gasteiger partial charge < -0.3 is 9.84 Å². The molecule has 0 aromatic heterocycles. The SMILES string of the molecule is CC1(C)CC1CNS(=O)(=O)c1ccc(OCCCO)cc1. The van der Waals surface area contributed by atoms with E-state index in [0.717, 1.165) is 6.42 Å². The number of aliphatic hydroxyl groups excluding tert-OH is 1. The van der Waals surface area contributed by atoms with E-state index < -0.39 is 10.0 Å². The van der Waals surface area contributed by atoms with Gasteiger partial charge in [-0.3, -0.25) is 0 Å². The van der Waals surface area contributed by atoms with Crippen molar-refractivity contribution < 1.29 is 18.3 Å². The first-order chi connectivity index (χ1) is 9.85. The lowest BCUT2D eigenvalue weighted by Gasteiger charge is -2.09. The van der Waals surface area contributed by atoms with E-state index in [1.54, 1.807) is 12.1 Å². The maximum atomic E-state index is 12.2. The van der Waals surface area contributed by atoms with Crippen LogP contribution in [0.5, 0.6) is 5.75 Å². The van der Waals surface area contributed by atoms with Crippen molar-refractivity contribution in [3.63, 3.8) is 0 Å². The molecule has 118 valence electrons. The summed E-state index contributed by atoms with van der Waals surface area (Å²) in [4.78, 5) is 0.246. The number of benzene rings is 1. The molecule has 1 aliphatic rings. The van der Waals surface area contributed by atoms with Crippen molar-refractivity contribution in [3.8, 4) is 5.75 Å². The van der Waals surface area contributed by atoms with Gasteiger partial charge in [0.1, 0.15) is 5.75 Å². The normalized spacial score (nSPS) is 20.2. The zero-order valence-electron chi connectivity index (χ0n) is 12.5. The maximum absolute atomic E-state index is 12.2. The molecule has 1 aliphatic carbocycles. The van der Waals surface area contributed by atoms with E-state index in [1.165, 1.54) is 12.1 Å². The van der Waals surface area contributed by atoms with Crippen molar-refractivity contribution in [2.75, 3.05) is 19.8 Å². The summed E-state index contributed by atoms with van der Waals surface area (Å²) in [7, 11) is -3.45. The Kier molecular flexibility index (Phi) is 4.91. The van der Waals surface area contributed by atoms with Gasteiger partial charge in [0.2, 0.25) is 10.0 Å². The van der Waals surface area contributed by atoms with E-state index in [0.29, 0.717) is 31.2 Å². The smallest absolute Gasteiger partial charge is 0.240 e. The molecule has 5 nitrogen and oxygen atoms in total. The average Bonchev–Trinajstić information content (AvgIpc) is 3.05. The summed E-state index contributed by atoms with van der Waals surface area (Å²) in [6.45, 7) is 5.27. The first kappa shape index (κ1) is 16.3. The van der Waals surface area contributed by atoms with Crippen LogP contribution in [0.4, 0.5) is 0 Å². The highest BCUT2D eigenvalue weighted by molar-refractivity contribution is 7.89. The molecule has 0 spiro atoms. The number of hydrogen-bond donors (Lipinski definition) is 2. The third-order valence-corrected chi connectivity index (χ3v) is 5.38. The van der Waals surface area contributed by atoms with Gasteiger partial charge in [0.05, 0.1) is 11.5 Å². The van der Waals surface area contributed by atoms with Crippen LogP contribution < -0.4 is 9.46 Å². The van der Waals surface area contributed by atoms with Crippen LogP contribution in [0.15, 0.2) is 29.2 Å². The second-order valence-corrected chi connectivity index (χ2v) is 7.91. The maximum Gasteiger partial charge on any atom is 0.240 e. The number of hydrogen-bond acceptors (Lipinski definition) is 4. The molecule has 0 radical (unpaired) electrons. The third kappa shape index (κ3) is 4.43. The molecule has 6 heteroatoms. The molecule has 1 unspecified atom stereocenters. The quantitative estimate of drug-likeness (QED) is 0.717. The molecule has 21 heavy (non-hydrogen) atoms. The second kappa shape index (κ2) is 6.34. The highest BCUT2D eigenvalue weighted by atomic mass is 32.2. The van der Waals surface area contributed by atoms with Crippen LogP contribution in [-0.4, -0.2) is 33.3 Å². The summed E-state index contributed by atoms with van der Waals surface area (Å²) in [6, 6.07) is 6.34. The van der Waals surface area contributed by atoms with Gasteiger partial charge in [-0.05, 0) is 42.0 Å². The fraction of sp³-hybridized carbons (Fsp3) is 0.600. The average molecular weight is 313 g/mol. The van der Waals surface area contributed by atoms with Gasteiger partial charge in [0.25, 0.3) is 0 Å². The monoisotopic (exact) mass is 313 g/mol. The lowest BCUT2D eigenvalue weighted by molar-refractivity contribution is 0.233. The fourth-order valence-electron chi connectivity index (χ4n) is 2.19. The molecule has 1 aromatic carbocycles. The summed E-state index contributed by atoms with van der Waals surface area (Å²) >= 11 is 0. The number of rotatable bonds is 8. The summed E-state index contributed by atoms with van der Waals surface area (Å²) in [5.74, 6) is 1.03. The van der Waals surface area contributed by atoms with Gasteiger partial charge in [-0.2, -0.15) is 0 Å². The van der Waals surface area contributed by atoms with Crippen LogP contribution in [0, 0.1) is 11.3 Å². The van der Waals surface area contributed by atoms with E-state index in [1.807, 2.05) is 0 Å². The molecule has 1 fully saturated rings. The van der Waals surface area contributed by atoms with Crippen LogP contribution in [0.3, 0.4) is 0 Å². The van der Waals surface area contributed by atoms with Crippen molar-refractivity contribution in [2.24, 2.45) is 11.3 Å². The summed E-state index contributed by atoms with van der Waals surface area (Å²) in [5.41, 5.74) is 0.257. The minimum Gasteiger partial charge on any atom is -0.494 e. The Morgan fingerprint density at radius 2 is 1.95 bits per heavy atom. The Balaban J connectivity index is 1.90. The Hall–Kier alpha value is -1.11. The molecular formula is C15H23NO4S. The lowest BCUT2D eigenvalue weighted by Crippen LogP contribution is -2.26. The Bertz CT molecular complexity index is 566. The molecule has 1 aromatic rings. The summed E-state index contributed by atoms with van der Waals surface area (Å²) in [6.07, 6.45) is 1.62. The zero-order chi connectivity index (χ0) is 15.5. The molecule has 0 amide bonds. The standard InChI is InChI=1S/C15H23NO4S/c1-15(2)10-12(15)11-16-21(18,19)14-6-4-13(5-7-14)20-9-3-8-17/h4-7,12,16-17H,3,8-11H2,1-2H3. The van der Waals surface area contributed by atoms with Gasteiger partial charge in [0.15, 0.2) is 0 Å². The van der Waals surface area contributed by atoms with Crippen LogP contribution in [-0.2, 0) is 10.0 Å². The van der Waals surface area contributed by atoms with E-state index >= 15 is 0 Å². The van der Waals surface area contributed by atoms with E-state index in [-0.39, 0.29) is 16.9 Å². The highest BCUT2D eigenvalue weighted by Crippen LogP contribution is 2.51. The Morgan fingerprint density at radius 1 is 1.33 bits per heavy atom. The first-order valence-corrected chi connectivity index (χ1v) is 8.67. The van der Waals surface area contributed by atoms with Gasteiger partial charge in [-0.15, -0.1) is 0 Å². The van der Waals surface area contributed by atoms with E-state index in [2.05, 4.69) is 18.6 Å². The first-order valence-electron chi connectivity index (χ1n) is 7.18. The number of nitrogens with one attached hydrogen (secondary N) is 1.